The smallest absolute Gasteiger partial charge is 0.266 e. The number of hydrogen-bond acceptors (Lipinski definition) is 2. The van der Waals surface area contributed by atoms with Gasteiger partial charge in [0.1, 0.15) is 11.6 Å². The fourth-order valence-corrected chi connectivity index (χ4v) is 2.77. The third-order valence-corrected chi connectivity index (χ3v) is 3.93. The Morgan fingerprint density at radius 2 is 2.00 bits per heavy atom. The maximum absolute atomic E-state index is 13.4. The van der Waals surface area contributed by atoms with Crippen molar-refractivity contribution >= 4 is 38.4 Å². The molecule has 0 aliphatic carbocycles. The molecule has 0 aliphatic rings. The lowest BCUT2D eigenvalue weighted by molar-refractivity contribution is 0.629. The second-order valence-electron chi connectivity index (χ2n) is 4.42. The van der Waals surface area contributed by atoms with Crippen molar-refractivity contribution in [2.45, 2.75) is 5.33 Å². The van der Waals surface area contributed by atoms with E-state index in [9.17, 15) is 9.18 Å². The maximum Gasteiger partial charge on any atom is 0.266 e. The van der Waals surface area contributed by atoms with Crippen LogP contribution in [0.5, 0.6) is 0 Å². The molecule has 2 aromatic carbocycles. The number of hydrogen-bond donors (Lipinski definition) is 0. The molecule has 0 spiro atoms. The van der Waals surface area contributed by atoms with E-state index in [0.717, 1.165) is 0 Å². The van der Waals surface area contributed by atoms with Gasteiger partial charge in [-0.1, -0.05) is 39.7 Å². The zero-order valence-corrected chi connectivity index (χ0v) is 13.0. The number of alkyl halides is 1. The van der Waals surface area contributed by atoms with Crippen molar-refractivity contribution in [2.24, 2.45) is 0 Å². The van der Waals surface area contributed by atoms with Crippen molar-refractivity contribution in [3.63, 3.8) is 0 Å². The summed E-state index contributed by atoms with van der Waals surface area (Å²) in [5.41, 5.74) is 0.637. The molecule has 0 saturated heterocycles. The predicted molar refractivity (Wildman–Crippen MR) is 84.9 cm³/mol. The van der Waals surface area contributed by atoms with Crippen molar-refractivity contribution in [2.75, 3.05) is 0 Å². The number of para-hydroxylation sites is 1. The predicted octanol–water partition coefficient (Wildman–Crippen LogP) is 4.07. The zero-order chi connectivity index (χ0) is 15.0. The number of aromatic nitrogens is 2. The molecule has 0 fully saturated rings. The van der Waals surface area contributed by atoms with E-state index in [4.69, 9.17) is 11.6 Å². The van der Waals surface area contributed by atoms with E-state index in [0.29, 0.717) is 27.4 Å². The van der Waals surface area contributed by atoms with Gasteiger partial charge < -0.3 is 0 Å². The van der Waals surface area contributed by atoms with Crippen LogP contribution in [0.3, 0.4) is 0 Å². The lowest BCUT2D eigenvalue weighted by atomic mass is 10.2. The van der Waals surface area contributed by atoms with Crippen molar-refractivity contribution in [3.8, 4) is 5.69 Å². The number of fused-ring (bicyclic) bond motifs is 1. The molecule has 3 aromatic rings. The highest BCUT2D eigenvalue weighted by Crippen LogP contribution is 2.22. The summed E-state index contributed by atoms with van der Waals surface area (Å²) < 4.78 is 14.8. The van der Waals surface area contributed by atoms with Gasteiger partial charge in [-0.2, -0.15) is 0 Å². The van der Waals surface area contributed by atoms with E-state index in [1.807, 2.05) is 0 Å². The molecule has 21 heavy (non-hydrogen) atoms. The Labute approximate surface area is 133 Å². The topological polar surface area (TPSA) is 34.9 Å². The van der Waals surface area contributed by atoms with Gasteiger partial charge in [-0.05, 0) is 30.3 Å². The Hall–Kier alpha value is -1.72. The van der Waals surface area contributed by atoms with Gasteiger partial charge in [0.25, 0.3) is 5.56 Å². The van der Waals surface area contributed by atoms with E-state index >= 15 is 0 Å². The zero-order valence-electron chi connectivity index (χ0n) is 10.7. The average molecular weight is 368 g/mol. The monoisotopic (exact) mass is 366 g/mol. The molecule has 0 saturated carbocycles. The summed E-state index contributed by atoms with van der Waals surface area (Å²) in [4.78, 5) is 17.1. The van der Waals surface area contributed by atoms with Gasteiger partial charge in [0.15, 0.2) is 0 Å². The molecule has 106 valence electrons. The fraction of sp³-hybridized carbons (Fsp3) is 0.0667. The van der Waals surface area contributed by atoms with Gasteiger partial charge in [0.2, 0.25) is 0 Å². The maximum atomic E-state index is 13.4. The summed E-state index contributed by atoms with van der Waals surface area (Å²) in [6, 6.07) is 10.9. The lowest BCUT2D eigenvalue weighted by Crippen LogP contribution is -2.23. The highest BCUT2D eigenvalue weighted by Gasteiger charge is 2.14. The highest BCUT2D eigenvalue weighted by molar-refractivity contribution is 9.08. The van der Waals surface area contributed by atoms with E-state index in [1.165, 1.54) is 22.8 Å². The Bertz CT molecular complexity index is 894. The molecule has 1 heterocycles. The summed E-state index contributed by atoms with van der Waals surface area (Å²) >= 11 is 9.49. The molecule has 6 heteroatoms. The molecular weight excluding hydrogens is 359 g/mol. The van der Waals surface area contributed by atoms with E-state index in [1.54, 1.807) is 24.3 Å². The highest BCUT2D eigenvalue weighted by atomic mass is 79.9. The molecule has 0 amide bonds. The minimum Gasteiger partial charge on any atom is -0.268 e. The first-order valence-corrected chi connectivity index (χ1v) is 7.64. The first-order chi connectivity index (χ1) is 10.1. The standard InChI is InChI=1S/C15H9BrClFN2O/c16-8-14-19-12-6-5-9(18)7-10(12)15(21)20(14)13-4-2-1-3-11(13)17/h1-7H,8H2. The van der Waals surface area contributed by atoms with Crippen LogP contribution < -0.4 is 5.56 Å². The SMILES string of the molecule is O=c1c2cc(F)ccc2nc(CBr)n1-c1ccccc1Cl. The third kappa shape index (κ3) is 2.47. The first kappa shape index (κ1) is 14.2. The van der Waals surface area contributed by atoms with Crippen LogP contribution in [0.1, 0.15) is 5.82 Å². The van der Waals surface area contributed by atoms with Crippen molar-refractivity contribution in [3.05, 3.63) is 69.5 Å². The first-order valence-electron chi connectivity index (χ1n) is 6.14. The molecule has 0 aliphatic heterocycles. The van der Waals surface area contributed by atoms with Gasteiger partial charge in [-0.25, -0.2) is 9.37 Å². The van der Waals surface area contributed by atoms with Gasteiger partial charge in [-0.15, -0.1) is 0 Å². The Kier molecular flexibility index (Phi) is 3.78. The second-order valence-corrected chi connectivity index (χ2v) is 5.38. The third-order valence-electron chi connectivity index (χ3n) is 3.11. The molecule has 0 N–H and O–H groups in total. The lowest BCUT2D eigenvalue weighted by Gasteiger charge is -2.13. The molecule has 0 unspecified atom stereocenters. The second kappa shape index (κ2) is 5.58. The van der Waals surface area contributed by atoms with Crippen molar-refractivity contribution < 1.29 is 4.39 Å². The quantitative estimate of drug-likeness (QED) is 0.640. The van der Waals surface area contributed by atoms with Crippen LogP contribution in [-0.4, -0.2) is 9.55 Å². The van der Waals surface area contributed by atoms with Crippen LogP contribution in [0.4, 0.5) is 4.39 Å². The number of benzene rings is 2. The van der Waals surface area contributed by atoms with Gasteiger partial charge in [0, 0.05) is 0 Å². The summed E-state index contributed by atoms with van der Waals surface area (Å²) in [6.45, 7) is 0. The molecular formula is C15H9BrClFN2O. The normalized spacial score (nSPS) is 11.0. The summed E-state index contributed by atoms with van der Waals surface area (Å²) in [5, 5.41) is 1.03. The van der Waals surface area contributed by atoms with Crippen molar-refractivity contribution in [1.82, 2.24) is 9.55 Å². The Balaban J connectivity index is 2.44. The molecule has 0 radical (unpaired) electrons. The number of halogens is 3. The molecule has 0 atom stereocenters. The van der Waals surface area contributed by atoms with Crippen LogP contribution in [-0.2, 0) is 5.33 Å². The van der Waals surface area contributed by atoms with Crippen molar-refractivity contribution in [1.29, 1.82) is 0 Å². The fourth-order valence-electron chi connectivity index (χ4n) is 2.17. The van der Waals surface area contributed by atoms with Crippen LogP contribution in [0.25, 0.3) is 16.6 Å². The van der Waals surface area contributed by atoms with E-state index in [2.05, 4.69) is 20.9 Å². The largest absolute Gasteiger partial charge is 0.268 e. The number of rotatable bonds is 2. The van der Waals surface area contributed by atoms with E-state index in [-0.39, 0.29) is 10.9 Å². The Morgan fingerprint density at radius 1 is 1.24 bits per heavy atom. The molecule has 1 aromatic heterocycles. The van der Waals surface area contributed by atoms with Gasteiger partial charge in [-0.3, -0.25) is 9.36 Å². The summed E-state index contributed by atoms with van der Waals surface area (Å²) in [5.74, 6) is 0.0332. The Morgan fingerprint density at radius 3 is 2.71 bits per heavy atom. The molecule has 3 rings (SSSR count). The molecule has 3 nitrogen and oxygen atoms in total. The van der Waals surface area contributed by atoms with Crippen LogP contribution in [0.2, 0.25) is 5.02 Å². The van der Waals surface area contributed by atoms with Gasteiger partial charge >= 0.3 is 0 Å². The minimum absolute atomic E-state index is 0.222. The van der Waals surface area contributed by atoms with Gasteiger partial charge in [0.05, 0.1) is 26.9 Å². The number of nitrogens with zero attached hydrogens (tertiary/aromatic N) is 2. The van der Waals surface area contributed by atoms with Crippen LogP contribution in [0.15, 0.2) is 47.3 Å². The summed E-state index contributed by atoms with van der Waals surface area (Å²) in [7, 11) is 0. The van der Waals surface area contributed by atoms with Crippen LogP contribution >= 0.6 is 27.5 Å². The average Bonchev–Trinajstić information content (AvgIpc) is 2.49. The minimum atomic E-state index is -0.473. The summed E-state index contributed by atoms with van der Waals surface area (Å²) in [6.07, 6.45) is 0. The molecule has 0 bridgehead atoms. The van der Waals surface area contributed by atoms with Crippen LogP contribution in [0, 0.1) is 5.82 Å². The van der Waals surface area contributed by atoms with E-state index < -0.39 is 5.82 Å².